The maximum atomic E-state index is 12.4. The van der Waals surface area contributed by atoms with Crippen LogP contribution in [0.3, 0.4) is 0 Å². The molecule has 7 rings (SSSR count). The maximum absolute atomic E-state index is 12.4. The second-order valence-corrected chi connectivity index (χ2v) is 18.3. The first kappa shape index (κ1) is 42.8. The molecule has 0 fully saturated rings. The predicted octanol–water partition coefficient (Wildman–Crippen LogP) is 14.5. The molecule has 1 atom stereocenters. The van der Waals surface area contributed by atoms with E-state index in [1.54, 1.807) is 6.07 Å². The molecule has 4 heteroatoms. The van der Waals surface area contributed by atoms with Gasteiger partial charge in [0, 0.05) is 29.0 Å². The van der Waals surface area contributed by atoms with Gasteiger partial charge in [0.1, 0.15) is 23.0 Å². The summed E-state index contributed by atoms with van der Waals surface area (Å²) >= 11 is 0. The Morgan fingerprint density at radius 2 is 1.00 bits per heavy atom. The smallest absolute Gasteiger partial charge is 0.126 e. The van der Waals surface area contributed by atoms with E-state index < -0.39 is 5.41 Å². The van der Waals surface area contributed by atoms with E-state index >= 15 is 0 Å². The van der Waals surface area contributed by atoms with Gasteiger partial charge < -0.3 is 20.4 Å². The number of benzene rings is 7. The molecule has 4 nitrogen and oxygen atoms in total. The molecule has 7 aromatic rings. The Kier molecular flexibility index (Phi) is 12.5. The lowest BCUT2D eigenvalue weighted by atomic mass is 9.76. The molecule has 312 valence electrons. The van der Waals surface area contributed by atoms with Gasteiger partial charge in [-0.15, -0.1) is 0 Å². The van der Waals surface area contributed by atoms with Crippen molar-refractivity contribution in [3.8, 4) is 45.3 Å². The van der Waals surface area contributed by atoms with Crippen molar-refractivity contribution in [2.45, 2.75) is 97.3 Å². The Morgan fingerprint density at radius 3 is 1.69 bits per heavy atom. The molecule has 0 saturated heterocycles. The Hall–Kier alpha value is -6.26. The number of phenolic OH excluding ortho intramolecular Hbond substituents is 4. The van der Waals surface area contributed by atoms with Gasteiger partial charge in [-0.25, -0.2) is 0 Å². The van der Waals surface area contributed by atoms with Gasteiger partial charge in [-0.2, -0.15) is 0 Å². The highest BCUT2D eigenvalue weighted by molar-refractivity contribution is 5.78. The standard InChI is InChI=1S/C57H60O4/c1-35(2)39-24-27-52(58)45(29-39)30-43-18-13-21-47(55(43)60)42-17-12-20-46(31-42)57(7,8)34-44-19-14-22-49(56(44)61)50-32-40(36(3)4)23-26-48(50)54(38-15-10-9-11-16-38)51-33-41(37(5)6)25-28-53(51)59/h9-29,31-33,35-37,54,58-61H,30,34H2,1-8H3. The number of rotatable bonds is 13. The highest BCUT2D eigenvalue weighted by Gasteiger charge is 2.28. The van der Waals surface area contributed by atoms with Gasteiger partial charge in [-0.05, 0) is 103 Å². The largest absolute Gasteiger partial charge is 0.508 e. The fourth-order valence-corrected chi connectivity index (χ4v) is 8.67. The number of phenols is 4. The van der Waals surface area contributed by atoms with Crippen LogP contribution in [0, 0.1) is 0 Å². The predicted molar refractivity (Wildman–Crippen MR) is 252 cm³/mol. The molecule has 0 aliphatic carbocycles. The van der Waals surface area contributed by atoms with Crippen LogP contribution in [0.4, 0.5) is 0 Å². The van der Waals surface area contributed by atoms with Crippen LogP contribution in [-0.4, -0.2) is 20.4 Å². The van der Waals surface area contributed by atoms with Crippen molar-refractivity contribution in [1.29, 1.82) is 0 Å². The van der Waals surface area contributed by atoms with Crippen molar-refractivity contribution in [2.75, 3.05) is 0 Å². The number of aromatic hydroxyl groups is 4. The number of hydrogen-bond acceptors (Lipinski definition) is 4. The van der Waals surface area contributed by atoms with E-state index in [-0.39, 0.29) is 40.8 Å². The van der Waals surface area contributed by atoms with E-state index in [1.165, 1.54) is 5.56 Å². The summed E-state index contributed by atoms with van der Waals surface area (Å²) in [6.07, 6.45) is 0.971. The summed E-state index contributed by atoms with van der Waals surface area (Å²) in [5.41, 5.74) is 12.7. The summed E-state index contributed by atoms with van der Waals surface area (Å²) in [4.78, 5) is 0. The molecule has 7 aromatic carbocycles. The quantitative estimate of drug-likeness (QED) is 0.0875. The molecule has 0 radical (unpaired) electrons. The number of para-hydroxylation sites is 2. The van der Waals surface area contributed by atoms with Gasteiger partial charge in [0.2, 0.25) is 0 Å². The van der Waals surface area contributed by atoms with Crippen molar-refractivity contribution in [3.05, 3.63) is 201 Å². The molecule has 4 N–H and O–H groups in total. The summed E-state index contributed by atoms with van der Waals surface area (Å²) in [5.74, 6) is 1.50. The Labute approximate surface area is 362 Å². The summed E-state index contributed by atoms with van der Waals surface area (Å²) in [6, 6.07) is 48.8. The molecule has 0 spiro atoms. The van der Waals surface area contributed by atoms with Crippen LogP contribution in [0.25, 0.3) is 22.3 Å². The topological polar surface area (TPSA) is 80.9 Å². The van der Waals surface area contributed by atoms with Gasteiger partial charge in [-0.1, -0.05) is 189 Å². The molecule has 0 saturated carbocycles. The molecule has 1 unspecified atom stereocenters. The minimum Gasteiger partial charge on any atom is -0.508 e. The van der Waals surface area contributed by atoms with E-state index in [1.807, 2.05) is 91.0 Å². The monoisotopic (exact) mass is 808 g/mol. The normalized spacial score (nSPS) is 12.4. The second kappa shape index (κ2) is 17.8. The lowest BCUT2D eigenvalue weighted by molar-refractivity contribution is 0.452. The van der Waals surface area contributed by atoms with Crippen LogP contribution in [0.15, 0.2) is 146 Å². The van der Waals surface area contributed by atoms with Crippen LogP contribution in [-0.2, 0) is 18.3 Å². The molecule has 0 aliphatic rings. The summed E-state index contributed by atoms with van der Waals surface area (Å²) < 4.78 is 0. The minimum absolute atomic E-state index is 0.203. The molecular formula is C57H60O4. The highest BCUT2D eigenvalue weighted by Crippen LogP contribution is 2.46. The number of hydrogen-bond donors (Lipinski definition) is 4. The minimum atomic E-state index is -0.402. The maximum Gasteiger partial charge on any atom is 0.126 e. The first-order valence-electron chi connectivity index (χ1n) is 21.7. The van der Waals surface area contributed by atoms with Crippen LogP contribution in [0.1, 0.15) is 135 Å². The summed E-state index contributed by atoms with van der Waals surface area (Å²) in [7, 11) is 0. The third kappa shape index (κ3) is 9.10. The first-order chi connectivity index (χ1) is 29.1. The average Bonchev–Trinajstić information content (AvgIpc) is 3.24. The Balaban J connectivity index is 1.26. The van der Waals surface area contributed by atoms with E-state index in [2.05, 4.69) is 104 Å². The highest BCUT2D eigenvalue weighted by atomic mass is 16.3. The van der Waals surface area contributed by atoms with Crippen molar-refractivity contribution < 1.29 is 20.4 Å². The van der Waals surface area contributed by atoms with E-state index in [4.69, 9.17) is 0 Å². The van der Waals surface area contributed by atoms with E-state index in [9.17, 15) is 20.4 Å². The molecule has 0 aromatic heterocycles. The average molecular weight is 809 g/mol. The zero-order valence-corrected chi connectivity index (χ0v) is 36.9. The lowest BCUT2D eigenvalue weighted by Gasteiger charge is -2.28. The lowest BCUT2D eigenvalue weighted by Crippen LogP contribution is -2.20. The molecule has 0 bridgehead atoms. The summed E-state index contributed by atoms with van der Waals surface area (Å²) in [5, 5.41) is 46.2. The second-order valence-electron chi connectivity index (χ2n) is 18.3. The van der Waals surface area contributed by atoms with Crippen LogP contribution >= 0.6 is 0 Å². The van der Waals surface area contributed by atoms with Gasteiger partial charge in [0.15, 0.2) is 0 Å². The molecule has 0 aliphatic heterocycles. The molecule has 0 amide bonds. The van der Waals surface area contributed by atoms with Crippen molar-refractivity contribution >= 4 is 0 Å². The molecular weight excluding hydrogens is 749 g/mol. The van der Waals surface area contributed by atoms with Gasteiger partial charge in [0.05, 0.1) is 0 Å². The zero-order chi connectivity index (χ0) is 43.6. The molecule has 61 heavy (non-hydrogen) atoms. The van der Waals surface area contributed by atoms with E-state index in [0.717, 1.165) is 72.3 Å². The molecule has 0 heterocycles. The van der Waals surface area contributed by atoms with Crippen molar-refractivity contribution in [3.63, 3.8) is 0 Å². The van der Waals surface area contributed by atoms with Gasteiger partial charge >= 0.3 is 0 Å². The zero-order valence-electron chi connectivity index (χ0n) is 36.9. The SMILES string of the molecule is CC(C)c1ccc(O)c(Cc2cccc(-c3cccc(C(C)(C)Cc4cccc(-c5cc(C(C)C)ccc5C(c5ccccc5)c5cc(C(C)C)ccc5O)c4O)c3)c2O)c1. The van der Waals surface area contributed by atoms with Crippen LogP contribution < -0.4 is 0 Å². The first-order valence-corrected chi connectivity index (χ1v) is 21.7. The fraction of sp³-hybridized carbons (Fsp3) is 0.263. The van der Waals surface area contributed by atoms with Crippen LogP contribution in [0.2, 0.25) is 0 Å². The van der Waals surface area contributed by atoms with E-state index in [0.29, 0.717) is 18.8 Å². The van der Waals surface area contributed by atoms with Gasteiger partial charge in [0.25, 0.3) is 0 Å². The Morgan fingerprint density at radius 1 is 0.426 bits per heavy atom. The third-order valence-electron chi connectivity index (χ3n) is 12.5. The van der Waals surface area contributed by atoms with Crippen molar-refractivity contribution in [1.82, 2.24) is 0 Å². The van der Waals surface area contributed by atoms with Crippen LogP contribution in [0.5, 0.6) is 23.0 Å². The third-order valence-corrected chi connectivity index (χ3v) is 12.5. The van der Waals surface area contributed by atoms with Gasteiger partial charge in [-0.3, -0.25) is 0 Å². The summed E-state index contributed by atoms with van der Waals surface area (Å²) in [6.45, 7) is 17.4. The fourth-order valence-electron chi connectivity index (χ4n) is 8.67. The Bertz CT molecular complexity index is 2650. The van der Waals surface area contributed by atoms with Crippen molar-refractivity contribution in [2.24, 2.45) is 0 Å².